The van der Waals surface area contributed by atoms with Crippen molar-refractivity contribution in [3.8, 4) is 10.6 Å². The third kappa shape index (κ3) is 5.07. The van der Waals surface area contributed by atoms with Crippen molar-refractivity contribution < 1.29 is 9.53 Å². The molecular weight excluding hydrogens is 426 g/mol. The number of nitrogens with zero attached hydrogens (tertiary/aromatic N) is 1. The topological polar surface area (TPSA) is 63.2 Å². The number of carbonyl (C=O) groups excluding carboxylic acids is 1. The lowest BCUT2D eigenvalue weighted by Crippen LogP contribution is -2.19. The number of carbonyl (C=O) groups is 1. The number of thiazole rings is 1. The summed E-state index contributed by atoms with van der Waals surface area (Å²) >= 11 is 7.09. The number of aryl methyl sites for hydroxylation is 1. The highest BCUT2D eigenvalue weighted by molar-refractivity contribution is 7.80. The summed E-state index contributed by atoms with van der Waals surface area (Å²) in [7, 11) is 0. The molecule has 0 aliphatic heterocycles. The molecule has 5 nitrogen and oxygen atoms in total. The lowest BCUT2D eigenvalue weighted by Gasteiger charge is -2.11. The maximum Gasteiger partial charge on any atom is 0.338 e. The summed E-state index contributed by atoms with van der Waals surface area (Å²) in [5, 5.41) is 7.75. The van der Waals surface area contributed by atoms with Gasteiger partial charge in [-0.05, 0) is 92.3 Å². The van der Waals surface area contributed by atoms with Gasteiger partial charge in [0.25, 0.3) is 0 Å². The minimum Gasteiger partial charge on any atom is -0.462 e. The first-order chi connectivity index (χ1) is 15.0. The Bertz CT molecular complexity index is 1230. The Morgan fingerprint density at radius 2 is 1.65 bits per heavy atom. The van der Waals surface area contributed by atoms with Crippen LogP contribution >= 0.6 is 23.6 Å². The van der Waals surface area contributed by atoms with Crippen LogP contribution in [0.3, 0.4) is 0 Å². The number of aromatic nitrogens is 1. The molecule has 0 saturated carbocycles. The Kier molecular flexibility index (Phi) is 6.25. The molecule has 0 amide bonds. The van der Waals surface area contributed by atoms with Gasteiger partial charge in [0.2, 0.25) is 0 Å². The lowest BCUT2D eigenvalue weighted by atomic mass is 10.2. The van der Waals surface area contributed by atoms with Crippen LogP contribution in [0.1, 0.15) is 22.8 Å². The average Bonchev–Trinajstić information content (AvgIpc) is 3.18. The molecule has 31 heavy (non-hydrogen) atoms. The van der Waals surface area contributed by atoms with Gasteiger partial charge < -0.3 is 15.4 Å². The van der Waals surface area contributed by atoms with Crippen LogP contribution in [0, 0.1) is 6.92 Å². The summed E-state index contributed by atoms with van der Waals surface area (Å²) in [6.45, 7) is 4.22. The Labute approximate surface area is 190 Å². The molecule has 0 unspecified atom stereocenters. The van der Waals surface area contributed by atoms with E-state index < -0.39 is 0 Å². The van der Waals surface area contributed by atoms with E-state index in [1.165, 1.54) is 10.3 Å². The summed E-state index contributed by atoms with van der Waals surface area (Å²) in [6, 6.07) is 21.3. The number of fused-ring (bicyclic) bond motifs is 1. The largest absolute Gasteiger partial charge is 0.462 e. The van der Waals surface area contributed by atoms with Crippen LogP contribution in [0.4, 0.5) is 11.4 Å². The van der Waals surface area contributed by atoms with Crippen molar-refractivity contribution >= 4 is 56.2 Å². The Morgan fingerprint density at radius 1 is 1.00 bits per heavy atom. The second kappa shape index (κ2) is 9.24. The second-order valence-electron chi connectivity index (χ2n) is 6.94. The fourth-order valence-electron chi connectivity index (χ4n) is 3.05. The standard InChI is InChI=1S/C24H21N3O2S2/c1-3-29-23(28)17-7-11-19(12-8-17)26-24(30)25-18-9-5-16(6-10-18)22-27-20-13-4-15(2)14-21(20)31-22/h4-14H,3H2,1-2H3,(H2,25,26,30). The first-order valence-electron chi connectivity index (χ1n) is 9.84. The number of ether oxygens (including phenoxy) is 1. The van der Waals surface area contributed by atoms with Gasteiger partial charge in [-0.1, -0.05) is 6.07 Å². The highest BCUT2D eigenvalue weighted by atomic mass is 32.1. The fraction of sp³-hybridized carbons (Fsp3) is 0.125. The number of anilines is 2. The van der Waals surface area contributed by atoms with Crippen LogP contribution in [-0.2, 0) is 4.74 Å². The smallest absolute Gasteiger partial charge is 0.338 e. The Morgan fingerprint density at radius 3 is 2.29 bits per heavy atom. The highest BCUT2D eigenvalue weighted by Gasteiger charge is 2.08. The molecule has 1 heterocycles. The van der Waals surface area contributed by atoms with E-state index in [-0.39, 0.29) is 5.97 Å². The summed E-state index contributed by atoms with van der Waals surface area (Å²) < 4.78 is 6.18. The molecule has 0 bridgehead atoms. The van der Waals surface area contributed by atoms with E-state index in [2.05, 4.69) is 35.8 Å². The molecule has 1 aromatic heterocycles. The third-order valence-electron chi connectivity index (χ3n) is 4.59. The molecule has 0 aliphatic rings. The van der Waals surface area contributed by atoms with E-state index in [4.69, 9.17) is 21.9 Å². The van der Waals surface area contributed by atoms with Crippen molar-refractivity contribution in [3.63, 3.8) is 0 Å². The van der Waals surface area contributed by atoms with Gasteiger partial charge in [-0.2, -0.15) is 0 Å². The van der Waals surface area contributed by atoms with Crippen LogP contribution in [0.25, 0.3) is 20.8 Å². The molecule has 0 atom stereocenters. The number of esters is 1. The van der Waals surface area contributed by atoms with Crippen LogP contribution < -0.4 is 10.6 Å². The molecule has 2 N–H and O–H groups in total. The van der Waals surface area contributed by atoms with Crippen molar-refractivity contribution in [1.82, 2.24) is 4.98 Å². The number of hydrogen-bond donors (Lipinski definition) is 2. The first kappa shape index (κ1) is 21.0. The molecule has 4 rings (SSSR count). The maximum atomic E-state index is 11.7. The monoisotopic (exact) mass is 447 g/mol. The summed E-state index contributed by atoms with van der Waals surface area (Å²) in [5.74, 6) is -0.335. The van der Waals surface area contributed by atoms with Crippen molar-refractivity contribution in [2.75, 3.05) is 17.2 Å². The summed E-state index contributed by atoms with van der Waals surface area (Å²) in [4.78, 5) is 16.5. The zero-order chi connectivity index (χ0) is 21.8. The molecule has 0 radical (unpaired) electrons. The predicted octanol–water partition coefficient (Wildman–Crippen LogP) is 6.26. The van der Waals surface area contributed by atoms with Gasteiger partial charge >= 0.3 is 5.97 Å². The van der Waals surface area contributed by atoms with Gasteiger partial charge in [-0.3, -0.25) is 0 Å². The molecule has 0 saturated heterocycles. The van der Waals surface area contributed by atoms with Crippen molar-refractivity contribution in [2.24, 2.45) is 0 Å². The zero-order valence-corrected chi connectivity index (χ0v) is 18.8. The molecule has 3 aromatic carbocycles. The fourth-order valence-corrected chi connectivity index (χ4v) is 4.35. The number of rotatable bonds is 5. The van der Waals surface area contributed by atoms with E-state index >= 15 is 0 Å². The van der Waals surface area contributed by atoms with Crippen molar-refractivity contribution in [3.05, 3.63) is 77.9 Å². The van der Waals surface area contributed by atoms with Gasteiger partial charge in [0.15, 0.2) is 5.11 Å². The van der Waals surface area contributed by atoms with Crippen LogP contribution in [0.2, 0.25) is 0 Å². The normalized spacial score (nSPS) is 10.6. The van der Waals surface area contributed by atoms with E-state index in [0.717, 1.165) is 27.5 Å². The number of thiocarbonyl (C=S) groups is 1. The van der Waals surface area contributed by atoms with Crippen LogP contribution in [0.5, 0.6) is 0 Å². The average molecular weight is 448 g/mol. The molecule has 0 aliphatic carbocycles. The third-order valence-corrected chi connectivity index (χ3v) is 5.86. The molecular formula is C24H21N3O2S2. The van der Waals surface area contributed by atoms with Gasteiger partial charge in [0.05, 0.1) is 22.4 Å². The van der Waals surface area contributed by atoms with Crippen LogP contribution in [-0.4, -0.2) is 22.7 Å². The SMILES string of the molecule is CCOC(=O)c1ccc(NC(=S)Nc2ccc(-c3nc4ccc(C)cc4s3)cc2)cc1. The molecule has 156 valence electrons. The lowest BCUT2D eigenvalue weighted by molar-refractivity contribution is 0.0526. The minimum atomic E-state index is -0.335. The van der Waals surface area contributed by atoms with Gasteiger partial charge in [0.1, 0.15) is 5.01 Å². The molecule has 0 fully saturated rings. The van der Waals surface area contributed by atoms with E-state index in [1.54, 1.807) is 42.5 Å². The van der Waals surface area contributed by atoms with Gasteiger partial charge in [0, 0.05) is 16.9 Å². The minimum absolute atomic E-state index is 0.335. The Hall–Kier alpha value is -3.29. The highest BCUT2D eigenvalue weighted by Crippen LogP contribution is 2.31. The second-order valence-corrected chi connectivity index (χ2v) is 8.38. The predicted molar refractivity (Wildman–Crippen MR) is 132 cm³/mol. The van der Waals surface area contributed by atoms with Crippen molar-refractivity contribution in [1.29, 1.82) is 0 Å². The molecule has 4 aromatic rings. The van der Waals surface area contributed by atoms with Gasteiger partial charge in [-0.25, -0.2) is 9.78 Å². The van der Waals surface area contributed by atoms with E-state index in [1.807, 2.05) is 24.3 Å². The van der Waals surface area contributed by atoms with Crippen LogP contribution in [0.15, 0.2) is 66.7 Å². The summed E-state index contributed by atoms with van der Waals surface area (Å²) in [6.07, 6.45) is 0. The van der Waals surface area contributed by atoms with E-state index in [0.29, 0.717) is 17.3 Å². The number of hydrogen-bond acceptors (Lipinski definition) is 5. The number of nitrogens with one attached hydrogen (secondary N) is 2. The maximum absolute atomic E-state index is 11.7. The van der Waals surface area contributed by atoms with E-state index in [9.17, 15) is 4.79 Å². The quantitative estimate of drug-likeness (QED) is 0.278. The van der Waals surface area contributed by atoms with Gasteiger partial charge in [-0.15, -0.1) is 11.3 Å². The molecule has 7 heteroatoms. The summed E-state index contributed by atoms with van der Waals surface area (Å²) in [5.41, 5.74) is 5.49. The number of benzene rings is 3. The Balaban J connectivity index is 1.39. The first-order valence-corrected chi connectivity index (χ1v) is 11.1. The molecule has 0 spiro atoms. The zero-order valence-electron chi connectivity index (χ0n) is 17.1. The van der Waals surface area contributed by atoms with Crippen molar-refractivity contribution in [2.45, 2.75) is 13.8 Å².